The molecule has 0 saturated heterocycles. The molecular formula is C12H21NO3S2. The molecule has 1 aromatic rings. The normalized spacial score (nSPS) is 12.2. The third-order valence-corrected chi connectivity index (χ3v) is 6.00. The van der Waals surface area contributed by atoms with Crippen LogP contribution in [0.3, 0.4) is 0 Å². The van der Waals surface area contributed by atoms with Crippen LogP contribution in [0, 0.1) is 6.92 Å². The molecule has 1 heterocycles. The van der Waals surface area contributed by atoms with Crippen molar-refractivity contribution in [1.82, 2.24) is 4.31 Å². The highest BCUT2D eigenvalue weighted by atomic mass is 32.2. The predicted molar refractivity (Wildman–Crippen MR) is 74.4 cm³/mol. The van der Waals surface area contributed by atoms with Crippen molar-refractivity contribution in [2.75, 3.05) is 19.7 Å². The standard InChI is InChI=1S/C12H21NO3S2/c1-3-4-8-13(9-5-10-14)18(15,16)12-7-6-11(2)17-12/h6-7,14H,3-5,8-10H2,1-2H3. The minimum atomic E-state index is -3.38. The van der Waals surface area contributed by atoms with E-state index in [1.807, 2.05) is 19.9 Å². The fourth-order valence-electron chi connectivity index (χ4n) is 1.61. The van der Waals surface area contributed by atoms with Crippen LogP contribution in [0.25, 0.3) is 0 Å². The average Bonchev–Trinajstić information content (AvgIpc) is 2.76. The summed E-state index contributed by atoms with van der Waals surface area (Å²) in [5.74, 6) is 0. The molecule has 0 aliphatic carbocycles. The second kappa shape index (κ2) is 7.23. The molecule has 0 aromatic carbocycles. The van der Waals surface area contributed by atoms with Gasteiger partial charge in [0.05, 0.1) is 0 Å². The van der Waals surface area contributed by atoms with Crippen LogP contribution in [-0.4, -0.2) is 37.5 Å². The second-order valence-electron chi connectivity index (χ2n) is 4.20. The Balaban J connectivity index is 2.88. The van der Waals surface area contributed by atoms with Gasteiger partial charge in [-0.05, 0) is 31.9 Å². The Morgan fingerprint density at radius 2 is 1.94 bits per heavy atom. The van der Waals surface area contributed by atoms with E-state index in [0.29, 0.717) is 23.7 Å². The zero-order chi connectivity index (χ0) is 13.6. The summed E-state index contributed by atoms with van der Waals surface area (Å²) in [6.45, 7) is 4.85. The van der Waals surface area contributed by atoms with Gasteiger partial charge in [-0.1, -0.05) is 13.3 Å². The molecule has 0 aliphatic rings. The fourth-order valence-corrected chi connectivity index (χ4v) is 4.57. The summed E-state index contributed by atoms with van der Waals surface area (Å²) < 4.78 is 26.7. The molecule has 0 bridgehead atoms. The van der Waals surface area contributed by atoms with Gasteiger partial charge in [-0.15, -0.1) is 11.3 Å². The molecule has 0 atom stereocenters. The zero-order valence-electron chi connectivity index (χ0n) is 10.9. The first-order chi connectivity index (χ1) is 8.52. The van der Waals surface area contributed by atoms with E-state index in [2.05, 4.69) is 0 Å². The molecule has 1 rings (SSSR count). The predicted octanol–water partition coefficient (Wildman–Crippen LogP) is 2.23. The van der Waals surface area contributed by atoms with E-state index in [9.17, 15) is 8.42 Å². The maximum atomic E-state index is 12.4. The molecule has 0 unspecified atom stereocenters. The number of unbranched alkanes of at least 4 members (excludes halogenated alkanes) is 1. The quantitative estimate of drug-likeness (QED) is 0.799. The number of aryl methyl sites for hydroxylation is 1. The van der Waals surface area contributed by atoms with Gasteiger partial charge in [0.1, 0.15) is 4.21 Å². The van der Waals surface area contributed by atoms with E-state index < -0.39 is 10.0 Å². The Bertz CT molecular complexity index is 446. The van der Waals surface area contributed by atoms with Crippen LogP contribution in [0.1, 0.15) is 31.1 Å². The monoisotopic (exact) mass is 291 g/mol. The van der Waals surface area contributed by atoms with E-state index in [1.165, 1.54) is 15.6 Å². The van der Waals surface area contributed by atoms with E-state index in [-0.39, 0.29) is 6.61 Å². The van der Waals surface area contributed by atoms with Crippen molar-refractivity contribution in [3.05, 3.63) is 17.0 Å². The lowest BCUT2D eigenvalue weighted by atomic mass is 10.3. The Hall–Kier alpha value is -0.430. The Kier molecular flexibility index (Phi) is 6.28. The topological polar surface area (TPSA) is 57.6 Å². The van der Waals surface area contributed by atoms with Crippen LogP contribution in [0.15, 0.2) is 16.3 Å². The Labute approximate surface area is 113 Å². The SMILES string of the molecule is CCCCN(CCCO)S(=O)(=O)c1ccc(C)s1. The van der Waals surface area contributed by atoms with Crippen LogP contribution in [0.2, 0.25) is 0 Å². The van der Waals surface area contributed by atoms with Crippen LogP contribution < -0.4 is 0 Å². The smallest absolute Gasteiger partial charge is 0.252 e. The molecule has 6 heteroatoms. The molecule has 0 amide bonds. The number of aliphatic hydroxyl groups is 1. The van der Waals surface area contributed by atoms with Crippen LogP contribution in [0.5, 0.6) is 0 Å². The molecule has 0 fully saturated rings. The van der Waals surface area contributed by atoms with E-state index in [4.69, 9.17) is 5.11 Å². The van der Waals surface area contributed by atoms with E-state index >= 15 is 0 Å². The van der Waals surface area contributed by atoms with Crippen molar-refractivity contribution in [2.45, 2.75) is 37.3 Å². The van der Waals surface area contributed by atoms with Gasteiger partial charge in [-0.25, -0.2) is 8.42 Å². The summed E-state index contributed by atoms with van der Waals surface area (Å²) in [6.07, 6.45) is 2.27. The fraction of sp³-hybridized carbons (Fsp3) is 0.667. The summed E-state index contributed by atoms with van der Waals surface area (Å²) in [5, 5.41) is 8.86. The van der Waals surface area contributed by atoms with Crippen molar-refractivity contribution < 1.29 is 13.5 Å². The van der Waals surface area contributed by atoms with Crippen LogP contribution in [0.4, 0.5) is 0 Å². The van der Waals surface area contributed by atoms with Gasteiger partial charge in [-0.3, -0.25) is 0 Å². The van der Waals surface area contributed by atoms with Crippen molar-refractivity contribution in [3.8, 4) is 0 Å². The highest BCUT2D eigenvalue weighted by Gasteiger charge is 2.24. The summed E-state index contributed by atoms with van der Waals surface area (Å²) >= 11 is 1.30. The Morgan fingerprint density at radius 3 is 2.44 bits per heavy atom. The van der Waals surface area contributed by atoms with Gasteiger partial charge < -0.3 is 5.11 Å². The third kappa shape index (κ3) is 4.05. The minimum absolute atomic E-state index is 0.0155. The first-order valence-electron chi connectivity index (χ1n) is 6.19. The summed E-state index contributed by atoms with van der Waals surface area (Å²) in [4.78, 5) is 0.992. The average molecular weight is 291 g/mol. The number of aliphatic hydroxyl groups excluding tert-OH is 1. The van der Waals surface area contributed by atoms with Crippen molar-refractivity contribution in [1.29, 1.82) is 0 Å². The number of sulfonamides is 1. The maximum Gasteiger partial charge on any atom is 0.252 e. The summed E-state index contributed by atoms with van der Waals surface area (Å²) in [7, 11) is -3.38. The first kappa shape index (κ1) is 15.6. The molecule has 0 saturated carbocycles. The second-order valence-corrected chi connectivity index (χ2v) is 7.65. The van der Waals surface area contributed by atoms with Crippen molar-refractivity contribution in [3.63, 3.8) is 0 Å². The molecule has 1 aromatic heterocycles. The number of hydrogen-bond acceptors (Lipinski definition) is 4. The summed E-state index contributed by atoms with van der Waals surface area (Å²) in [5.41, 5.74) is 0. The molecule has 0 radical (unpaired) electrons. The third-order valence-electron chi connectivity index (χ3n) is 2.64. The molecule has 0 spiro atoms. The molecule has 18 heavy (non-hydrogen) atoms. The molecular weight excluding hydrogens is 270 g/mol. The van der Waals surface area contributed by atoms with Gasteiger partial charge in [0, 0.05) is 24.6 Å². The van der Waals surface area contributed by atoms with Crippen molar-refractivity contribution >= 4 is 21.4 Å². The minimum Gasteiger partial charge on any atom is -0.396 e. The van der Waals surface area contributed by atoms with Crippen LogP contribution >= 0.6 is 11.3 Å². The number of nitrogens with zero attached hydrogens (tertiary/aromatic N) is 1. The number of hydrogen-bond donors (Lipinski definition) is 1. The molecule has 0 aliphatic heterocycles. The lowest BCUT2D eigenvalue weighted by Crippen LogP contribution is -2.33. The van der Waals surface area contributed by atoms with Crippen LogP contribution in [-0.2, 0) is 10.0 Å². The number of rotatable bonds is 8. The highest BCUT2D eigenvalue weighted by molar-refractivity contribution is 7.91. The lowest BCUT2D eigenvalue weighted by molar-refractivity contribution is 0.268. The summed E-state index contributed by atoms with van der Waals surface area (Å²) in [6, 6.07) is 3.48. The van der Waals surface area contributed by atoms with Gasteiger partial charge >= 0.3 is 0 Å². The molecule has 4 nitrogen and oxygen atoms in total. The largest absolute Gasteiger partial charge is 0.396 e. The number of thiophene rings is 1. The first-order valence-corrected chi connectivity index (χ1v) is 8.45. The van der Waals surface area contributed by atoms with E-state index in [0.717, 1.165) is 17.7 Å². The zero-order valence-corrected chi connectivity index (χ0v) is 12.6. The molecule has 104 valence electrons. The highest BCUT2D eigenvalue weighted by Crippen LogP contribution is 2.24. The van der Waals surface area contributed by atoms with E-state index in [1.54, 1.807) is 6.07 Å². The van der Waals surface area contributed by atoms with Gasteiger partial charge in [0.15, 0.2) is 0 Å². The van der Waals surface area contributed by atoms with Gasteiger partial charge in [0.2, 0.25) is 0 Å². The van der Waals surface area contributed by atoms with Crippen molar-refractivity contribution in [2.24, 2.45) is 0 Å². The maximum absolute atomic E-state index is 12.4. The van der Waals surface area contributed by atoms with Gasteiger partial charge in [-0.2, -0.15) is 4.31 Å². The Morgan fingerprint density at radius 1 is 1.28 bits per heavy atom. The lowest BCUT2D eigenvalue weighted by Gasteiger charge is -2.20. The van der Waals surface area contributed by atoms with Gasteiger partial charge in [0.25, 0.3) is 10.0 Å². The molecule has 1 N–H and O–H groups in total.